The Hall–Kier alpha value is -3.18. The Morgan fingerprint density at radius 1 is 1.11 bits per heavy atom. The lowest BCUT2D eigenvalue weighted by atomic mass is 10.1. The zero-order chi connectivity index (χ0) is 19.3. The highest BCUT2D eigenvalue weighted by Gasteiger charge is 2.20. The Labute approximate surface area is 169 Å². The van der Waals surface area contributed by atoms with Crippen LogP contribution in [0.15, 0.2) is 84.8 Å². The number of benzene rings is 2. The van der Waals surface area contributed by atoms with Gasteiger partial charge in [-0.3, -0.25) is 9.69 Å². The van der Waals surface area contributed by atoms with Gasteiger partial charge in [-0.2, -0.15) is 0 Å². The molecule has 0 unspecified atom stereocenters. The van der Waals surface area contributed by atoms with E-state index in [0.29, 0.717) is 17.2 Å². The molecule has 1 aliphatic heterocycles. The molecule has 1 aromatic heterocycles. The SMILES string of the molecule is C=CCN(C(=O)c1ccc(N2CC=CC2)cc1)c1nc(-c2ccccc2)cs1. The van der Waals surface area contributed by atoms with E-state index >= 15 is 0 Å². The molecule has 0 N–H and O–H groups in total. The molecule has 0 bridgehead atoms. The maximum atomic E-state index is 13.1. The zero-order valence-corrected chi connectivity index (χ0v) is 16.3. The summed E-state index contributed by atoms with van der Waals surface area (Å²) in [5, 5.41) is 2.66. The Balaban J connectivity index is 1.56. The number of thiazole rings is 1. The van der Waals surface area contributed by atoms with Gasteiger partial charge in [0.15, 0.2) is 5.13 Å². The lowest BCUT2D eigenvalue weighted by molar-refractivity contribution is 0.0989. The van der Waals surface area contributed by atoms with Crippen LogP contribution in [-0.2, 0) is 0 Å². The molecule has 0 spiro atoms. The number of carbonyl (C=O) groups excluding carboxylic acids is 1. The van der Waals surface area contributed by atoms with Gasteiger partial charge in [0.1, 0.15) is 0 Å². The first-order valence-corrected chi connectivity index (χ1v) is 10.1. The predicted octanol–water partition coefficient (Wildman–Crippen LogP) is 5.02. The molecule has 0 aliphatic carbocycles. The number of carbonyl (C=O) groups is 1. The van der Waals surface area contributed by atoms with E-state index in [1.807, 2.05) is 60.0 Å². The maximum absolute atomic E-state index is 13.1. The van der Waals surface area contributed by atoms with Crippen molar-refractivity contribution < 1.29 is 4.79 Å². The van der Waals surface area contributed by atoms with E-state index in [1.165, 1.54) is 11.3 Å². The molecule has 4 nitrogen and oxygen atoms in total. The maximum Gasteiger partial charge on any atom is 0.260 e. The van der Waals surface area contributed by atoms with Gasteiger partial charge in [0, 0.05) is 41.8 Å². The summed E-state index contributed by atoms with van der Waals surface area (Å²) in [7, 11) is 0. The summed E-state index contributed by atoms with van der Waals surface area (Å²) < 4.78 is 0. The van der Waals surface area contributed by atoms with Gasteiger partial charge in [0.05, 0.1) is 5.69 Å². The van der Waals surface area contributed by atoms with Crippen molar-refractivity contribution >= 4 is 28.1 Å². The van der Waals surface area contributed by atoms with E-state index in [1.54, 1.807) is 11.0 Å². The average Bonchev–Trinajstić information content (AvgIpc) is 3.45. The number of hydrogen-bond donors (Lipinski definition) is 0. The second-order valence-corrected chi connectivity index (χ2v) is 7.35. The van der Waals surface area contributed by atoms with Crippen LogP contribution in [0.4, 0.5) is 10.8 Å². The standard InChI is InChI=1S/C23H21N3OS/c1-2-14-26(23-24-21(17-28-23)18-8-4-3-5-9-18)22(27)19-10-12-20(13-11-19)25-15-6-7-16-25/h2-13,17H,1,14-16H2. The van der Waals surface area contributed by atoms with Gasteiger partial charge in [-0.1, -0.05) is 48.6 Å². The molecular weight excluding hydrogens is 366 g/mol. The molecule has 28 heavy (non-hydrogen) atoms. The number of aromatic nitrogens is 1. The van der Waals surface area contributed by atoms with Crippen molar-refractivity contribution in [3.8, 4) is 11.3 Å². The van der Waals surface area contributed by atoms with E-state index in [2.05, 4.69) is 28.6 Å². The van der Waals surface area contributed by atoms with E-state index in [9.17, 15) is 4.79 Å². The van der Waals surface area contributed by atoms with E-state index < -0.39 is 0 Å². The summed E-state index contributed by atoms with van der Waals surface area (Å²) >= 11 is 1.47. The summed E-state index contributed by atoms with van der Waals surface area (Å²) in [6.07, 6.45) is 6.03. The fourth-order valence-electron chi connectivity index (χ4n) is 3.17. The lowest BCUT2D eigenvalue weighted by Crippen LogP contribution is -2.31. The molecule has 0 radical (unpaired) electrons. The van der Waals surface area contributed by atoms with Gasteiger partial charge in [0.25, 0.3) is 5.91 Å². The molecule has 4 rings (SSSR count). The summed E-state index contributed by atoms with van der Waals surface area (Å²) in [6, 6.07) is 17.8. The summed E-state index contributed by atoms with van der Waals surface area (Å²) in [5.74, 6) is -0.0695. The van der Waals surface area contributed by atoms with Crippen LogP contribution >= 0.6 is 11.3 Å². The Bertz CT molecular complexity index is 984. The van der Waals surface area contributed by atoms with E-state index in [4.69, 9.17) is 0 Å². The molecule has 3 aromatic rings. The van der Waals surface area contributed by atoms with Crippen LogP contribution in [0, 0.1) is 0 Å². The number of anilines is 2. The van der Waals surface area contributed by atoms with Gasteiger partial charge >= 0.3 is 0 Å². The molecule has 0 atom stereocenters. The third-order valence-electron chi connectivity index (χ3n) is 4.65. The molecule has 1 amide bonds. The largest absolute Gasteiger partial charge is 0.364 e. The minimum Gasteiger partial charge on any atom is -0.364 e. The molecule has 2 heterocycles. The molecule has 0 saturated heterocycles. The number of hydrogen-bond acceptors (Lipinski definition) is 4. The summed E-state index contributed by atoms with van der Waals surface area (Å²) in [6.45, 7) is 6.05. The molecule has 5 heteroatoms. The highest BCUT2D eigenvalue weighted by Crippen LogP contribution is 2.28. The monoisotopic (exact) mass is 387 g/mol. The van der Waals surface area contributed by atoms with Gasteiger partial charge in [0.2, 0.25) is 0 Å². The average molecular weight is 388 g/mol. The van der Waals surface area contributed by atoms with Crippen molar-refractivity contribution in [3.05, 3.63) is 90.3 Å². The molecule has 1 aliphatic rings. The summed E-state index contributed by atoms with van der Waals surface area (Å²) in [4.78, 5) is 21.7. The minimum absolute atomic E-state index is 0.0695. The van der Waals surface area contributed by atoms with Crippen LogP contribution in [0.3, 0.4) is 0 Å². The van der Waals surface area contributed by atoms with Crippen molar-refractivity contribution in [2.24, 2.45) is 0 Å². The topological polar surface area (TPSA) is 36.4 Å². The van der Waals surface area contributed by atoms with Crippen LogP contribution in [-0.4, -0.2) is 30.5 Å². The van der Waals surface area contributed by atoms with Gasteiger partial charge in [-0.25, -0.2) is 4.98 Å². The quantitative estimate of drug-likeness (QED) is 0.557. The molecular formula is C23H21N3OS. The molecule has 0 saturated carbocycles. The fourth-order valence-corrected chi connectivity index (χ4v) is 4.01. The number of rotatable bonds is 6. The van der Waals surface area contributed by atoms with Crippen molar-refractivity contribution in [1.82, 2.24) is 4.98 Å². The van der Waals surface area contributed by atoms with Gasteiger partial charge in [-0.15, -0.1) is 17.9 Å². The van der Waals surface area contributed by atoms with Gasteiger partial charge in [-0.05, 0) is 24.3 Å². The fraction of sp³-hybridized carbons (Fsp3) is 0.130. The van der Waals surface area contributed by atoms with Gasteiger partial charge < -0.3 is 4.90 Å². The van der Waals surface area contributed by atoms with Crippen LogP contribution in [0.2, 0.25) is 0 Å². The van der Waals surface area contributed by atoms with Crippen LogP contribution in [0.25, 0.3) is 11.3 Å². The highest BCUT2D eigenvalue weighted by atomic mass is 32.1. The highest BCUT2D eigenvalue weighted by molar-refractivity contribution is 7.14. The first-order chi connectivity index (χ1) is 13.8. The Morgan fingerprint density at radius 2 is 1.82 bits per heavy atom. The van der Waals surface area contributed by atoms with Crippen molar-refractivity contribution in [2.45, 2.75) is 0 Å². The number of nitrogens with zero attached hydrogens (tertiary/aromatic N) is 3. The second-order valence-electron chi connectivity index (χ2n) is 6.51. The lowest BCUT2D eigenvalue weighted by Gasteiger charge is -2.20. The number of amides is 1. The van der Waals surface area contributed by atoms with E-state index in [-0.39, 0.29) is 5.91 Å². The Kier molecular flexibility index (Phi) is 5.35. The molecule has 0 fully saturated rings. The smallest absolute Gasteiger partial charge is 0.260 e. The Morgan fingerprint density at radius 3 is 2.50 bits per heavy atom. The van der Waals surface area contributed by atoms with Crippen molar-refractivity contribution in [3.63, 3.8) is 0 Å². The first-order valence-electron chi connectivity index (χ1n) is 9.20. The minimum atomic E-state index is -0.0695. The van der Waals surface area contributed by atoms with Crippen LogP contribution < -0.4 is 9.80 Å². The third-order valence-corrected chi connectivity index (χ3v) is 5.51. The zero-order valence-electron chi connectivity index (χ0n) is 15.5. The normalized spacial score (nSPS) is 12.9. The van der Waals surface area contributed by atoms with Crippen LogP contribution in [0.1, 0.15) is 10.4 Å². The second kappa shape index (κ2) is 8.23. The summed E-state index contributed by atoms with van der Waals surface area (Å²) in [5.41, 5.74) is 3.69. The van der Waals surface area contributed by atoms with Crippen LogP contribution in [0.5, 0.6) is 0 Å². The first kappa shape index (κ1) is 18.2. The van der Waals surface area contributed by atoms with Crippen molar-refractivity contribution in [1.29, 1.82) is 0 Å². The molecule has 140 valence electrons. The third kappa shape index (κ3) is 3.75. The van der Waals surface area contributed by atoms with Crippen molar-refractivity contribution in [2.75, 3.05) is 29.4 Å². The molecule has 2 aromatic carbocycles. The predicted molar refractivity (Wildman–Crippen MR) is 117 cm³/mol. The van der Waals surface area contributed by atoms with E-state index in [0.717, 1.165) is 30.0 Å².